The van der Waals surface area contributed by atoms with Gasteiger partial charge >= 0.3 is 11.7 Å². The minimum absolute atomic E-state index is 0.0692. The molecule has 31 heavy (non-hydrogen) atoms. The number of aromatic amines is 1. The van der Waals surface area contributed by atoms with Gasteiger partial charge in [-0.3, -0.25) is 14.7 Å². The van der Waals surface area contributed by atoms with Crippen LogP contribution in [0, 0.1) is 0 Å². The number of nitrogens with zero attached hydrogens (tertiary/aromatic N) is 3. The van der Waals surface area contributed by atoms with E-state index in [0.29, 0.717) is 13.1 Å². The molecule has 0 fully saturated rings. The Morgan fingerprint density at radius 1 is 0.903 bits per heavy atom. The van der Waals surface area contributed by atoms with E-state index < -0.39 is 5.69 Å². The molecule has 1 heterocycles. The molecule has 0 unspecified atom stereocenters. The molecule has 0 aliphatic carbocycles. The molecule has 2 aromatic carbocycles. The quantitative estimate of drug-likeness (QED) is 0.566. The van der Waals surface area contributed by atoms with Crippen LogP contribution in [0.1, 0.15) is 19.3 Å². The van der Waals surface area contributed by atoms with E-state index in [0.717, 1.165) is 36.1 Å². The number of nitrogens with one attached hydrogen (secondary N) is 1. The van der Waals surface area contributed by atoms with Gasteiger partial charge in [0, 0.05) is 45.0 Å². The molecule has 162 valence electrons. The van der Waals surface area contributed by atoms with Crippen molar-refractivity contribution in [2.75, 3.05) is 25.5 Å². The molecular formula is C24H28N4O3. The second-order valence-electron chi connectivity index (χ2n) is 7.51. The molecule has 0 bridgehead atoms. The maximum Gasteiger partial charge on any atom is 0.328 e. The number of hydrogen-bond donors (Lipinski definition) is 1. The molecule has 0 aliphatic rings. The average Bonchev–Trinajstić information content (AvgIpc) is 2.79. The van der Waals surface area contributed by atoms with Crippen molar-refractivity contribution >= 4 is 11.7 Å². The number of anilines is 1. The van der Waals surface area contributed by atoms with Gasteiger partial charge in [-0.25, -0.2) is 9.59 Å². The smallest absolute Gasteiger partial charge is 0.327 e. The number of para-hydroxylation sites is 1. The molecule has 0 atom stereocenters. The highest BCUT2D eigenvalue weighted by Gasteiger charge is 2.18. The first-order chi connectivity index (χ1) is 15.0. The number of amides is 2. The van der Waals surface area contributed by atoms with Crippen LogP contribution < -0.4 is 16.1 Å². The molecule has 0 aliphatic heterocycles. The van der Waals surface area contributed by atoms with E-state index in [1.807, 2.05) is 54.6 Å². The van der Waals surface area contributed by atoms with Crippen LogP contribution in [0.3, 0.4) is 0 Å². The highest BCUT2D eigenvalue weighted by Crippen LogP contribution is 2.30. The summed E-state index contributed by atoms with van der Waals surface area (Å²) in [4.78, 5) is 41.4. The molecule has 0 radical (unpaired) electrons. The summed E-state index contributed by atoms with van der Waals surface area (Å²) in [6, 6.07) is 19.2. The monoisotopic (exact) mass is 420 g/mol. The van der Waals surface area contributed by atoms with Crippen molar-refractivity contribution in [2.24, 2.45) is 0 Å². The second-order valence-corrected chi connectivity index (χ2v) is 7.51. The maximum absolute atomic E-state index is 13.0. The number of H-pyrrole nitrogens is 1. The van der Waals surface area contributed by atoms with E-state index in [2.05, 4.69) is 4.98 Å². The molecule has 0 saturated heterocycles. The van der Waals surface area contributed by atoms with E-state index in [1.165, 1.54) is 16.8 Å². The first-order valence-electron chi connectivity index (χ1n) is 10.4. The minimum Gasteiger partial charge on any atom is -0.327 e. The zero-order valence-electron chi connectivity index (χ0n) is 18.0. The average molecular weight is 421 g/mol. The van der Waals surface area contributed by atoms with Crippen LogP contribution in [0.4, 0.5) is 10.5 Å². The van der Waals surface area contributed by atoms with Gasteiger partial charge in [0.1, 0.15) is 0 Å². The Morgan fingerprint density at radius 3 is 2.35 bits per heavy atom. The number of carbonyl (C=O) groups is 1. The number of aryl methyl sites for hydroxylation is 1. The summed E-state index contributed by atoms with van der Waals surface area (Å²) in [5, 5.41) is 0. The van der Waals surface area contributed by atoms with Crippen LogP contribution in [0.15, 0.2) is 76.4 Å². The summed E-state index contributed by atoms with van der Waals surface area (Å²) in [5.74, 6) is 0. The summed E-state index contributed by atoms with van der Waals surface area (Å²) < 4.78 is 1.49. The molecule has 1 N–H and O–H groups in total. The molecule has 2 amide bonds. The van der Waals surface area contributed by atoms with Gasteiger partial charge in [-0.05, 0) is 30.9 Å². The predicted octanol–water partition coefficient (Wildman–Crippen LogP) is 3.56. The van der Waals surface area contributed by atoms with Gasteiger partial charge in [0.25, 0.3) is 5.56 Å². The van der Waals surface area contributed by atoms with E-state index in [4.69, 9.17) is 0 Å². The van der Waals surface area contributed by atoms with Crippen molar-refractivity contribution in [2.45, 2.75) is 25.8 Å². The number of unbranched alkanes of at least 4 members (excludes halogenated alkanes) is 2. The van der Waals surface area contributed by atoms with Gasteiger partial charge in [-0.1, -0.05) is 48.5 Å². The first kappa shape index (κ1) is 22.1. The lowest BCUT2D eigenvalue weighted by atomic mass is 10.0. The topological polar surface area (TPSA) is 78.4 Å². The van der Waals surface area contributed by atoms with Gasteiger partial charge in [-0.15, -0.1) is 0 Å². The van der Waals surface area contributed by atoms with E-state index >= 15 is 0 Å². The normalized spacial score (nSPS) is 10.6. The fourth-order valence-corrected chi connectivity index (χ4v) is 3.51. The number of hydrogen-bond acceptors (Lipinski definition) is 3. The Hall–Kier alpha value is -3.61. The number of benzene rings is 2. The highest BCUT2D eigenvalue weighted by atomic mass is 16.2. The summed E-state index contributed by atoms with van der Waals surface area (Å²) in [6.07, 6.45) is 4.00. The van der Waals surface area contributed by atoms with Gasteiger partial charge in [0.2, 0.25) is 0 Å². The van der Waals surface area contributed by atoms with Crippen LogP contribution >= 0.6 is 0 Å². The third kappa shape index (κ3) is 5.72. The Kier molecular flexibility index (Phi) is 7.43. The minimum atomic E-state index is -0.390. The molecule has 1 aromatic heterocycles. The maximum atomic E-state index is 13.0. The summed E-state index contributed by atoms with van der Waals surface area (Å²) >= 11 is 0. The molecule has 0 spiro atoms. The van der Waals surface area contributed by atoms with Crippen molar-refractivity contribution in [3.05, 3.63) is 87.7 Å². The number of rotatable bonds is 8. The fraction of sp³-hybridized carbons (Fsp3) is 0.292. The lowest BCUT2D eigenvalue weighted by molar-refractivity contribution is 0.216. The van der Waals surface area contributed by atoms with Gasteiger partial charge in [-0.2, -0.15) is 0 Å². The SMILES string of the molecule is CN(CCCCCn1ccc(=O)[nH]c1=O)C(=O)N(C)c1ccccc1-c1ccccc1. The highest BCUT2D eigenvalue weighted by molar-refractivity contribution is 5.96. The van der Waals surface area contributed by atoms with Crippen LogP contribution in [-0.4, -0.2) is 41.1 Å². The largest absolute Gasteiger partial charge is 0.328 e. The molecule has 3 rings (SSSR count). The predicted molar refractivity (Wildman–Crippen MR) is 123 cm³/mol. The standard InChI is InChI=1S/C24H28N4O3/c1-26(16-9-4-10-17-28-18-15-22(29)25-23(28)30)24(31)27(2)21-14-8-7-13-20(21)19-11-5-3-6-12-19/h3,5-8,11-15,18H,4,9-10,16-17H2,1-2H3,(H,25,29,30). The van der Waals surface area contributed by atoms with E-state index in [-0.39, 0.29) is 11.6 Å². The van der Waals surface area contributed by atoms with Crippen molar-refractivity contribution in [1.29, 1.82) is 0 Å². The van der Waals surface area contributed by atoms with Crippen LogP contribution in [0.2, 0.25) is 0 Å². The van der Waals surface area contributed by atoms with Crippen molar-refractivity contribution in [3.8, 4) is 11.1 Å². The molecule has 0 saturated carbocycles. The van der Waals surface area contributed by atoms with Crippen molar-refractivity contribution in [1.82, 2.24) is 14.5 Å². The summed E-state index contributed by atoms with van der Waals surface area (Å²) in [5.41, 5.74) is 2.16. The number of carbonyl (C=O) groups excluding carboxylic acids is 1. The van der Waals surface area contributed by atoms with Crippen LogP contribution in [0.25, 0.3) is 11.1 Å². The molecule has 3 aromatic rings. The molecular weight excluding hydrogens is 392 g/mol. The Morgan fingerprint density at radius 2 is 1.61 bits per heavy atom. The second kappa shape index (κ2) is 10.4. The number of urea groups is 1. The van der Waals surface area contributed by atoms with E-state index in [1.54, 1.807) is 23.9 Å². The Labute approximate surface area is 181 Å². The first-order valence-corrected chi connectivity index (χ1v) is 10.4. The Bertz CT molecular complexity index is 1120. The molecule has 7 heteroatoms. The molecule has 7 nitrogen and oxygen atoms in total. The van der Waals surface area contributed by atoms with Crippen LogP contribution in [0.5, 0.6) is 0 Å². The van der Waals surface area contributed by atoms with Gasteiger partial charge in [0.05, 0.1) is 5.69 Å². The van der Waals surface area contributed by atoms with E-state index in [9.17, 15) is 14.4 Å². The third-order valence-corrected chi connectivity index (χ3v) is 5.25. The lowest BCUT2D eigenvalue weighted by Gasteiger charge is -2.26. The van der Waals surface area contributed by atoms with Crippen LogP contribution in [-0.2, 0) is 6.54 Å². The van der Waals surface area contributed by atoms with Gasteiger partial charge < -0.3 is 9.47 Å². The Balaban J connectivity index is 1.53. The van der Waals surface area contributed by atoms with Crippen molar-refractivity contribution in [3.63, 3.8) is 0 Å². The lowest BCUT2D eigenvalue weighted by Crippen LogP contribution is -2.39. The summed E-state index contributed by atoms with van der Waals surface area (Å²) in [6.45, 7) is 1.16. The zero-order valence-corrected chi connectivity index (χ0v) is 18.0. The third-order valence-electron chi connectivity index (χ3n) is 5.25. The zero-order chi connectivity index (χ0) is 22.2. The fourth-order valence-electron chi connectivity index (χ4n) is 3.51. The summed E-state index contributed by atoms with van der Waals surface area (Å²) in [7, 11) is 3.60. The van der Waals surface area contributed by atoms with Crippen molar-refractivity contribution < 1.29 is 4.79 Å². The van der Waals surface area contributed by atoms with Gasteiger partial charge in [0.15, 0.2) is 0 Å². The number of aromatic nitrogens is 2.